The molecular formula is C24H24N4O3S2. The molecule has 1 aliphatic heterocycles. The quantitative estimate of drug-likeness (QED) is 0.282. The Bertz CT molecular complexity index is 1260. The zero-order chi connectivity index (χ0) is 23.2. The molecule has 170 valence electrons. The smallest absolute Gasteiger partial charge is 0.267 e. The van der Waals surface area contributed by atoms with E-state index in [1.54, 1.807) is 29.3 Å². The Morgan fingerprint density at radius 1 is 1.15 bits per heavy atom. The van der Waals surface area contributed by atoms with Crippen LogP contribution in [-0.4, -0.2) is 44.3 Å². The van der Waals surface area contributed by atoms with Crippen LogP contribution in [0.5, 0.6) is 0 Å². The topological polar surface area (TPSA) is 75.9 Å². The summed E-state index contributed by atoms with van der Waals surface area (Å²) in [4.78, 5) is 33.0. The first kappa shape index (κ1) is 23.2. The minimum absolute atomic E-state index is 0.214. The van der Waals surface area contributed by atoms with Gasteiger partial charge in [0.1, 0.15) is 15.8 Å². The van der Waals surface area contributed by atoms with E-state index in [0.29, 0.717) is 52.6 Å². The van der Waals surface area contributed by atoms with Crippen LogP contribution in [0.3, 0.4) is 0 Å². The molecular weight excluding hydrogens is 456 g/mol. The van der Waals surface area contributed by atoms with Gasteiger partial charge in [-0.1, -0.05) is 60.4 Å². The van der Waals surface area contributed by atoms with Crippen LogP contribution in [0.2, 0.25) is 0 Å². The first-order valence-electron chi connectivity index (χ1n) is 10.7. The van der Waals surface area contributed by atoms with E-state index >= 15 is 0 Å². The van der Waals surface area contributed by atoms with Gasteiger partial charge in [-0.15, -0.1) is 0 Å². The Labute approximate surface area is 201 Å². The molecule has 2 aromatic heterocycles. The van der Waals surface area contributed by atoms with E-state index in [-0.39, 0.29) is 11.5 Å². The summed E-state index contributed by atoms with van der Waals surface area (Å²) in [7, 11) is 0. The van der Waals surface area contributed by atoms with Crippen molar-refractivity contribution in [1.29, 1.82) is 0 Å². The Kier molecular flexibility index (Phi) is 7.54. The fourth-order valence-electron chi connectivity index (χ4n) is 3.43. The monoisotopic (exact) mass is 480 g/mol. The molecule has 1 N–H and O–H groups in total. The van der Waals surface area contributed by atoms with E-state index < -0.39 is 0 Å². The molecule has 1 amide bonds. The number of ether oxygens (including phenoxy) is 1. The summed E-state index contributed by atoms with van der Waals surface area (Å²) in [6, 6.07) is 15.1. The second-order valence-corrected chi connectivity index (χ2v) is 9.01. The number of carbonyl (C=O) groups excluding carboxylic acids is 1. The number of thiocarbonyl (C=S) groups is 1. The van der Waals surface area contributed by atoms with Crippen molar-refractivity contribution in [2.75, 3.05) is 25.1 Å². The number of thioether (sulfide) groups is 1. The Hall–Kier alpha value is -3.01. The first-order valence-corrected chi connectivity index (χ1v) is 11.9. The molecule has 0 saturated carbocycles. The summed E-state index contributed by atoms with van der Waals surface area (Å²) >= 11 is 6.66. The van der Waals surface area contributed by atoms with Gasteiger partial charge < -0.3 is 10.1 Å². The number of benzene rings is 1. The van der Waals surface area contributed by atoms with Gasteiger partial charge in [0.15, 0.2) is 0 Å². The van der Waals surface area contributed by atoms with Crippen LogP contribution in [-0.2, 0) is 16.1 Å². The molecule has 3 aromatic rings. The van der Waals surface area contributed by atoms with E-state index in [9.17, 15) is 9.59 Å². The highest BCUT2D eigenvalue weighted by Crippen LogP contribution is 2.34. The number of fused-ring (bicyclic) bond motifs is 1. The zero-order valence-corrected chi connectivity index (χ0v) is 19.8. The van der Waals surface area contributed by atoms with Gasteiger partial charge in [0.25, 0.3) is 11.5 Å². The minimum Gasteiger partial charge on any atom is -0.382 e. The van der Waals surface area contributed by atoms with Gasteiger partial charge in [0.2, 0.25) is 0 Å². The fourth-order valence-corrected chi connectivity index (χ4v) is 4.66. The molecule has 7 nitrogen and oxygen atoms in total. The zero-order valence-electron chi connectivity index (χ0n) is 18.2. The van der Waals surface area contributed by atoms with Crippen molar-refractivity contribution >= 4 is 51.7 Å². The Morgan fingerprint density at radius 2 is 1.94 bits per heavy atom. The lowest BCUT2D eigenvalue weighted by Crippen LogP contribution is -2.27. The van der Waals surface area contributed by atoms with Gasteiger partial charge in [-0.3, -0.25) is 18.9 Å². The maximum atomic E-state index is 13.3. The largest absolute Gasteiger partial charge is 0.382 e. The number of hydrogen-bond acceptors (Lipinski definition) is 7. The van der Waals surface area contributed by atoms with Gasteiger partial charge in [-0.25, -0.2) is 4.98 Å². The molecule has 9 heteroatoms. The van der Waals surface area contributed by atoms with Gasteiger partial charge >= 0.3 is 0 Å². The summed E-state index contributed by atoms with van der Waals surface area (Å²) in [5.74, 6) is 0.227. The number of anilines is 1. The predicted molar refractivity (Wildman–Crippen MR) is 136 cm³/mol. The molecule has 33 heavy (non-hydrogen) atoms. The van der Waals surface area contributed by atoms with E-state index in [0.717, 1.165) is 12.0 Å². The van der Waals surface area contributed by atoms with Crippen LogP contribution >= 0.6 is 24.0 Å². The van der Waals surface area contributed by atoms with E-state index in [1.165, 1.54) is 16.2 Å². The number of nitrogens with one attached hydrogen (secondary N) is 1. The number of rotatable bonds is 9. The lowest BCUT2D eigenvalue weighted by Gasteiger charge is -2.14. The molecule has 0 atom stereocenters. The highest BCUT2D eigenvalue weighted by Gasteiger charge is 2.32. The highest BCUT2D eigenvalue weighted by molar-refractivity contribution is 8.26. The van der Waals surface area contributed by atoms with Crippen LogP contribution in [0.15, 0.2) is 64.4 Å². The van der Waals surface area contributed by atoms with Crippen molar-refractivity contribution < 1.29 is 9.53 Å². The standard InChI is InChI=1S/C24H24N4O3S2/c1-2-31-14-8-12-25-21-18(22(29)27-13-7-6-11-20(27)26-21)15-19-23(30)28(24(32)33-19)16-17-9-4-3-5-10-17/h3-7,9-11,13,15,25H,2,8,12,14,16H2,1H3. The lowest BCUT2D eigenvalue weighted by atomic mass is 10.2. The normalized spacial score (nSPS) is 15.1. The average molecular weight is 481 g/mol. The number of aromatic nitrogens is 2. The number of carbonyl (C=O) groups is 1. The molecule has 1 saturated heterocycles. The predicted octanol–water partition coefficient (Wildman–Crippen LogP) is 3.93. The van der Waals surface area contributed by atoms with Crippen molar-refractivity contribution in [3.05, 3.63) is 81.1 Å². The van der Waals surface area contributed by atoms with E-state index in [4.69, 9.17) is 17.0 Å². The van der Waals surface area contributed by atoms with Gasteiger partial charge in [-0.2, -0.15) is 0 Å². The lowest BCUT2D eigenvalue weighted by molar-refractivity contribution is -0.122. The van der Waals surface area contributed by atoms with Crippen LogP contribution in [0, 0.1) is 0 Å². The molecule has 3 heterocycles. The molecule has 0 radical (unpaired) electrons. The van der Waals surface area contributed by atoms with Crippen LogP contribution < -0.4 is 10.9 Å². The Morgan fingerprint density at radius 3 is 2.73 bits per heavy atom. The Balaban J connectivity index is 1.65. The molecule has 1 aliphatic rings. The first-order chi connectivity index (χ1) is 16.1. The molecule has 0 spiro atoms. The van der Waals surface area contributed by atoms with E-state index in [2.05, 4.69) is 10.3 Å². The molecule has 0 bridgehead atoms. The summed E-state index contributed by atoms with van der Waals surface area (Å²) in [5, 5.41) is 3.24. The van der Waals surface area contributed by atoms with Crippen molar-refractivity contribution in [2.24, 2.45) is 0 Å². The number of amides is 1. The SMILES string of the molecule is CCOCCCNc1nc2ccccn2c(=O)c1C=C1SC(=S)N(Cc2ccccc2)C1=O. The summed E-state index contributed by atoms with van der Waals surface area (Å²) in [6.45, 7) is 4.20. The maximum absolute atomic E-state index is 13.3. The number of nitrogens with zero attached hydrogens (tertiary/aromatic N) is 3. The third-order valence-electron chi connectivity index (χ3n) is 5.06. The van der Waals surface area contributed by atoms with Crippen molar-refractivity contribution in [1.82, 2.24) is 14.3 Å². The fraction of sp³-hybridized carbons (Fsp3) is 0.250. The number of hydrogen-bond donors (Lipinski definition) is 1. The molecule has 1 aromatic carbocycles. The molecule has 0 aliphatic carbocycles. The van der Waals surface area contributed by atoms with Crippen LogP contribution in [0.1, 0.15) is 24.5 Å². The third-order valence-corrected chi connectivity index (χ3v) is 6.44. The van der Waals surface area contributed by atoms with E-state index in [1.807, 2.05) is 43.3 Å². The second-order valence-electron chi connectivity index (χ2n) is 7.34. The maximum Gasteiger partial charge on any atom is 0.267 e. The van der Waals surface area contributed by atoms with Crippen molar-refractivity contribution in [2.45, 2.75) is 19.9 Å². The highest BCUT2D eigenvalue weighted by atomic mass is 32.2. The molecule has 0 unspecified atom stereocenters. The van der Waals surface area contributed by atoms with Crippen molar-refractivity contribution in [3.8, 4) is 0 Å². The summed E-state index contributed by atoms with van der Waals surface area (Å²) in [6.07, 6.45) is 4.04. The summed E-state index contributed by atoms with van der Waals surface area (Å²) < 4.78 is 7.33. The summed E-state index contributed by atoms with van der Waals surface area (Å²) in [5.41, 5.74) is 1.60. The van der Waals surface area contributed by atoms with Crippen molar-refractivity contribution in [3.63, 3.8) is 0 Å². The van der Waals surface area contributed by atoms with Crippen LogP contribution in [0.4, 0.5) is 5.82 Å². The third kappa shape index (κ3) is 5.32. The van der Waals surface area contributed by atoms with Gasteiger partial charge in [0.05, 0.1) is 17.0 Å². The molecule has 1 fully saturated rings. The minimum atomic E-state index is -0.249. The molecule has 4 rings (SSSR count). The number of pyridine rings is 1. The second kappa shape index (κ2) is 10.7. The van der Waals surface area contributed by atoms with Gasteiger partial charge in [0, 0.05) is 26.0 Å². The van der Waals surface area contributed by atoms with Gasteiger partial charge in [-0.05, 0) is 37.1 Å². The van der Waals surface area contributed by atoms with Crippen LogP contribution in [0.25, 0.3) is 11.7 Å². The average Bonchev–Trinajstić information content (AvgIpc) is 3.09.